The van der Waals surface area contributed by atoms with E-state index in [1.165, 1.54) is 24.6 Å². The van der Waals surface area contributed by atoms with Crippen LogP contribution in [0.3, 0.4) is 0 Å². The minimum atomic E-state index is -0.360. The highest BCUT2D eigenvalue weighted by Crippen LogP contribution is 2.34. The van der Waals surface area contributed by atoms with E-state index in [1.807, 2.05) is 12.1 Å². The predicted octanol–water partition coefficient (Wildman–Crippen LogP) is 3.96. The van der Waals surface area contributed by atoms with Crippen LogP contribution in [0, 0.1) is 11.7 Å². The normalized spacial score (nSPS) is 17.1. The standard InChI is InChI=1S/C19H18FN3/c20-16-10-13(4-7-17(16)21)8-12-2-1-3-15(9-12)19-11-18(22-23-19)14-5-6-14/h1-4,7,9-10,14H,5-6,8,11,21H2. The zero-order chi connectivity index (χ0) is 15.8. The SMILES string of the molecule is Nc1ccc(Cc2cccc(C3=NN=C(C4CC4)C3)c2)cc1F. The van der Waals surface area contributed by atoms with Crippen molar-refractivity contribution in [1.29, 1.82) is 0 Å². The lowest BCUT2D eigenvalue weighted by Gasteiger charge is -2.07. The van der Waals surface area contributed by atoms with Crippen LogP contribution >= 0.6 is 0 Å². The first-order valence-corrected chi connectivity index (χ1v) is 7.95. The van der Waals surface area contributed by atoms with E-state index >= 15 is 0 Å². The number of anilines is 1. The Bertz CT molecular complexity index is 819. The Morgan fingerprint density at radius 1 is 1.04 bits per heavy atom. The molecule has 3 nitrogen and oxygen atoms in total. The van der Waals surface area contributed by atoms with Gasteiger partial charge < -0.3 is 5.73 Å². The van der Waals surface area contributed by atoms with Gasteiger partial charge in [-0.25, -0.2) is 4.39 Å². The molecule has 2 aromatic rings. The number of rotatable bonds is 4. The molecule has 0 atom stereocenters. The van der Waals surface area contributed by atoms with E-state index in [-0.39, 0.29) is 11.5 Å². The molecule has 4 rings (SSSR count). The van der Waals surface area contributed by atoms with Crippen molar-refractivity contribution in [3.63, 3.8) is 0 Å². The van der Waals surface area contributed by atoms with Gasteiger partial charge in [-0.3, -0.25) is 0 Å². The van der Waals surface area contributed by atoms with Crippen molar-refractivity contribution in [3.05, 3.63) is 65.0 Å². The summed E-state index contributed by atoms with van der Waals surface area (Å²) >= 11 is 0. The predicted molar refractivity (Wildman–Crippen MR) is 91.4 cm³/mol. The van der Waals surface area contributed by atoms with Crippen molar-refractivity contribution in [3.8, 4) is 0 Å². The summed E-state index contributed by atoms with van der Waals surface area (Å²) in [7, 11) is 0. The minimum absolute atomic E-state index is 0.188. The fourth-order valence-corrected chi connectivity index (χ4v) is 2.95. The van der Waals surface area contributed by atoms with Gasteiger partial charge in [-0.05, 0) is 60.1 Å². The Labute approximate surface area is 134 Å². The third-order valence-electron chi connectivity index (χ3n) is 4.43. The molecule has 0 unspecified atom stereocenters. The van der Waals surface area contributed by atoms with E-state index in [9.17, 15) is 4.39 Å². The molecule has 0 bridgehead atoms. The minimum Gasteiger partial charge on any atom is -0.396 e. The highest BCUT2D eigenvalue weighted by Gasteiger charge is 2.30. The van der Waals surface area contributed by atoms with Crippen LogP contribution in [0.25, 0.3) is 0 Å². The maximum Gasteiger partial charge on any atom is 0.146 e. The van der Waals surface area contributed by atoms with Gasteiger partial charge >= 0.3 is 0 Å². The van der Waals surface area contributed by atoms with Gasteiger partial charge in [0, 0.05) is 12.1 Å². The van der Waals surface area contributed by atoms with E-state index < -0.39 is 0 Å². The zero-order valence-corrected chi connectivity index (χ0v) is 12.8. The van der Waals surface area contributed by atoms with Crippen molar-refractivity contribution in [2.24, 2.45) is 16.1 Å². The van der Waals surface area contributed by atoms with Crippen LogP contribution in [0.15, 0.2) is 52.7 Å². The average molecular weight is 307 g/mol. The second-order valence-corrected chi connectivity index (χ2v) is 6.32. The third-order valence-corrected chi connectivity index (χ3v) is 4.43. The summed E-state index contributed by atoms with van der Waals surface area (Å²) in [5, 5.41) is 8.68. The second kappa shape index (κ2) is 5.61. The van der Waals surface area contributed by atoms with Gasteiger partial charge in [0.15, 0.2) is 0 Å². The maximum absolute atomic E-state index is 13.6. The zero-order valence-electron chi connectivity index (χ0n) is 12.8. The van der Waals surface area contributed by atoms with Crippen LogP contribution in [-0.2, 0) is 6.42 Å². The molecule has 0 saturated heterocycles. The molecule has 23 heavy (non-hydrogen) atoms. The van der Waals surface area contributed by atoms with Gasteiger partial charge in [0.1, 0.15) is 5.82 Å². The van der Waals surface area contributed by atoms with E-state index in [2.05, 4.69) is 28.4 Å². The van der Waals surface area contributed by atoms with Gasteiger partial charge in [-0.15, -0.1) is 0 Å². The quantitative estimate of drug-likeness (QED) is 0.854. The number of hydrogen-bond donors (Lipinski definition) is 1. The Morgan fingerprint density at radius 3 is 2.65 bits per heavy atom. The molecule has 0 aromatic heterocycles. The lowest BCUT2D eigenvalue weighted by Crippen LogP contribution is -2.06. The van der Waals surface area contributed by atoms with Gasteiger partial charge in [-0.2, -0.15) is 10.2 Å². The van der Waals surface area contributed by atoms with Gasteiger partial charge in [-0.1, -0.05) is 24.3 Å². The topological polar surface area (TPSA) is 50.7 Å². The number of nitrogens with zero attached hydrogens (tertiary/aromatic N) is 2. The highest BCUT2D eigenvalue weighted by atomic mass is 19.1. The van der Waals surface area contributed by atoms with Crippen LogP contribution in [0.4, 0.5) is 10.1 Å². The molecule has 0 amide bonds. The van der Waals surface area contributed by atoms with Crippen molar-refractivity contribution < 1.29 is 4.39 Å². The summed E-state index contributed by atoms with van der Waals surface area (Å²) in [4.78, 5) is 0. The summed E-state index contributed by atoms with van der Waals surface area (Å²) < 4.78 is 13.6. The molecular formula is C19H18FN3. The second-order valence-electron chi connectivity index (χ2n) is 6.32. The molecule has 1 heterocycles. The fraction of sp³-hybridized carbons (Fsp3) is 0.263. The molecule has 2 aliphatic rings. The van der Waals surface area contributed by atoms with Crippen molar-refractivity contribution in [2.45, 2.75) is 25.7 Å². The molecule has 116 valence electrons. The molecule has 2 N–H and O–H groups in total. The lowest BCUT2D eigenvalue weighted by atomic mass is 9.98. The largest absolute Gasteiger partial charge is 0.396 e. The number of nitrogens with two attached hydrogens (primary N) is 1. The number of hydrogen-bond acceptors (Lipinski definition) is 3. The Kier molecular flexibility index (Phi) is 3.45. The molecule has 1 aliphatic carbocycles. The van der Waals surface area contributed by atoms with Crippen molar-refractivity contribution in [2.75, 3.05) is 5.73 Å². The van der Waals surface area contributed by atoms with Crippen LogP contribution in [-0.4, -0.2) is 11.4 Å². The number of benzene rings is 2. The summed E-state index contributed by atoms with van der Waals surface area (Å²) in [6.45, 7) is 0. The first-order valence-electron chi connectivity index (χ1n) is 7.95. The first kappa shape index (κ1) is 14.1. The third kappa shape index (κ3) is 3.02. The molecule has 0 radical (unpaired) electrons. The number of halogens is 1. The van der Waals surface area contributed by atoms with E-state index in [4.69, 9.17) is 5.73 Å². The van der Waals surface area contributed by atoms with Crippen molar-refractivity contribution in [1.82, 2.24) is 0 Å². The molecule has 1 saturated carbocycles. The van der Waals surface area contributed by atoms with E-state index in [0.29, 0.717) is 12.3 Å². The number of nitrogen functional groups attached to an aromatic ring is 1. The molecule has 1 aliphatic heterocycles. The average Bonchev–Trinajstić information content (AvgIpc) is 3.28. The molecule has 2 aromatic carbocycles. The van der Waals surface area contributed by atoms with Crippen LogP contribution in [0.2, 0.25) is 0 Å². The Hall–Kier alpha value is -2.49. The van der Waals surface area contributed by atoms with E-state index in [0.717, 1.165) is 28.8 Å². The summed E-state index contributed by atoms with van der Waals surface area (Å²) in [5.41, 5.74) is 11.1. The highest BCUT2D eigenvalue weighted by molar-refractivity contribution is 6.16. The molecule has 4 heteroatoms. The smallest absolute Gasteiger partial charge is 0.146 e. The maximum atomic E-state index is 13.6. The fourth-order valence-electron chi connectivity index (χ4n) is 2.95. The molecular weight excluding hydrogens is 289 g/mol. The Morgan fingerprint density at radius 2 is 1.87 bits per heavy atom. The summed E-state index contributed by atoms with van der Waals surface area (Å²) in [6.07, 6.45) is 4.05. The van der Waals surface area contributed by atoms with Crippen LogP contribution in [0.5, 0.6) is 0 Å². The monoisotopic (exact) mass is 307 g/mol. The van der Waals surface area contributed by atoms with Gasteiger partial charge in [0.05, 0.1) is 11.4 Å². The van der Waals surface area contributed by atoms with Crippen LogP contribution < -0.4 is 5.73 Å². The summed E-state index contributed by atoms with van der Waals surface area (Å²) in [5.74, 6) is 0.304. The van der Waals surface area contributed by atoms with Crippen LogP contribution in [0.1, 0.15) is 36.0 Å². The first-order chi connectivity index (χ1) is 11.2. The molecule has 1 fully saturated rings. The van der Waals surface area contributed by atoms with Gasteiger partial charge in [0.25, 0.3) is 0 Å². The summed E-state index contributed by atoms with van der Waals surface area (Å²) in [6, 6.07) is 13.3. The Balaban J connectivity index is 1.51. The van der Waals surface area contributed by atoms with Gasteiger partial charge in [0.2, 0.25) is 0 Å². The van der Waals surface area contributed by atoms with E-state index in [1.54, 1.807) is 6.07 Å². The van der Waals surface area contributed by atoms with Crippen molar-refractivity contribution >= 4 is 17.1 Å². The molecule has 0 spiro atoms. The lowest BCUT2D eigenvalue weighted by molar-refractivity contribution is 0.630.